The molecule has 1 rings (SSSR count). The van der Waals surface area contributed by atoms with Gasteiger partial charge in [-0.2, -0.15) is 0 Å². The van der Waals surface area contributed by atoms with Gasteiger partial charge in [-0.15, -0.1) is 0 Å². The molecular formula is C12H12Cl2O4. The van der Waals surface area contributed by atoms with E-state index in [0.29, 0.717) is 6.61 Å². The number of carbonyl (C=O) groups is 2. The molecule has 0 bridgehead atoms. The van der Waals surface area contributed by atoms with E-state index in [1.807, 2.05) is 0 Å². The fourth-order valence-corrected chi connectivity index (χ4v) is 1.87. The highest BCUT2D eigenvalue weighted by Crippen LogP contribution is 2.33. The standard InChI is InChI=1S/C12H12Cl2O4/c1-3-17-11-8(5-7(13)6-9(11)14)10(15)12(16)18-4-2/h5-6H,3-4H2,1-2H3. The number of ketones is 1. The number of hydrogen-bond acceptors (Lipinski definition) is 4. The highest BCUT2D eigenvalue weighted by atomic mass is 35.5. The summed E-state index contributed by atoms with van der Waals surface area (Å²) in [5, 5.41) is 0.424. The Hall–Kier alpha value is -1.26. The molecule has 0 atom stereocenters. The molecule has 1 aromatic carbocycles. The van der Waals surface area contributed by atoms with Gasteiger partial charge in [0.1, 0.15) is 5.75 Å². The van der Waals surface area contributed by atoms with Crippen molar-refractivity contribution in [1.82, 2.24) is 0 Å². The molecule has 4 nitrogen and oxygen atoms in total. The molecule has 0 N–H and O–H groups in total. The van der Waals surface area contributed by atoms with Crippen molar-refractivity contribution < 1.29 is 19.1 Å². The number of halogens is 2. The summed E-state index contributed by atoms with van der Waals surface area (Å²) >= 11 is 11.7. The van der Waals surface area contributed by atoms with Crippen LogP contribution in [0.15, 0.2) is 12.1 Å². The van der Waals surface area contributed by atoms with Crippen LogP contribution in [0.3, 0.4) is 0 Å². The van der Waals surface area contributed by atoms with E-state index in [1.54, 1.807) is 13.8 Å². The smallest absolute Gasteiger partial charge is 0.379 e. The Balaban J connectivity index is 3.20. The molecule has 0 aromatic heterocycles. The van der Waals surface area contributed by atoms with Gasteiger partial charge in [0, 0.05) is 5.02 Å². The number of esters is 1. The molecule has 0 aliphatic carbocycles. The van der Waals surface area contributed by atoms with E-state index in [4.69, 9.17) is 27.9 Å². The van der Waals surface area contributed by atoms with Gasteiger partial charge >= 0.3 is 5.97 Å². The molecule has 0 radical (unpaired) electrons. The van der Waals surface area contributed by atoms with Crippen molar-refractivity contribution in [3.63, 3.8) is 0 Å². The third-order valence-electron chi connectivity index (χ3n) is 2.00. The van der Waals surface area contributed by atoms with E-state index < -0.39 is 11.8 Å². The predicted octanol–water partition coefficient (Wildman–Crippen LogP) is 3.14. The molecule has 0 unspecified atom stereocenters. The van der Waals surface area contributed by atoms with E-state index in [-0.39, 0.29) is 28.0 Å². The van der Waals surface area contributed by atoms with E-state index >= 15 is 0 Å². The van der Waals surface area contributed by atoms with Crippen molar-refractivity contribution in [1.29, 1.82) is 0 Å². The Morgan fingerprint density at radius 2 is 1.83 bits per heavy atom. The Bertz CT molecular complexity index is 471. The lowest BCUT2D eigenvalue weighted by Gasteiger charge is -2.11. The molecule has 0 aliphatic heterocycles. The maximum atomic E-state index is 11.9. The highest BCUT2D eigenvalue weighted by Gasteiger charge is 2.24. The van der Waals surface area contributed by atoms with Crippen molar-refractivity contribution in [2.45, 2.75) is 13.8 Å². The lowest BCUT2D eigenvalue weighted by atomic mass is 10.1. The first-order chi connectivity index (χ1) is 8.51. The van der Waals surface area contributed by atoms with Crippen LogP contribution in [0.25, 0.3) is 0 Å². The number of rotatable bonds is 5. The summed E-state index contributed by atoms with van der Waals surface area (Å²) in [7, 11) is 0. The Labute approximate surface area is 115 Å². The molecule has 6 heteroatoms. The van der Waals surface area contributed by atoms with Crippen LogP contribution in [0.1, 0.15) is 24.2 Å². The van der Waals surface area contributed by atoms with E-state index in [9.17, 15) is 9.59 Å². The molecule has 0 saturated carbocycles. The van der Waals surface area contributed by atoms with Gasteiger partial charge in [-0.1, -0.05) is 23.2 Å². The van der Waals surface area contributed by atoms with Gasteiger partial charge in [0.2, 0.25) is 0 Å². The molecule has 0 aliphatic rings. The average Bonchev–Trinajstić information content (AvgIpc) is 2.31. The van der Waals surface area contributed by atoms with Crippen LogP contribution in [0.2, 0.25) is 10.0 Å². The Kier molecular flexibility index (Phi) is 5.44. The van der Waals surface area contributed by atoms with Gasteiger partial charge < -0.3 is 9.47 Å². The summed E-state index contributed by atoms with van der Waals surface area (Å²) in [4.78, 5) is 23.3. The van der Waals surface area contributed by atoms with E-state index in [1.165, 1.54) is 12.1 Å². The van der Waals surface area contributed by atoms with Gasteiger partial charge in [0.15, 0.2) is 0 Å². The number of ether oxygens (including phenoxy) is 2. The molecule has 0 saturated heterocycles. The first kappa shape index (κ1) is 14.8. The van der Waals surface area contributed by atoms with Gasteiger partial charge in [-0.25, -0.2) is 4.79 Å². The van der Waals surface area contributed by atoms with Crippen molar-refractivity contribution in [2.75, 3.05) is 13.2 Å². The minimum atomic E-state index is -0.961. The fourth-order valence-electron chi connectivity index (χ4n) is 1.33. The zero-order valence-corrected chi connectivity index (χ0v) is 11.5. The largest absolute Gasteiger partial charge is 0.492 e. The zero-order valence-electron chi connectivity index (χ0n) is 9.96. The number of carbonyl (C=O) groups excluding carboxylic acids is 2. The van der Waals surface area contributed by atoms with Crippen LogP contribution in [0.5, 0.6) is 5.75 Å². The second-order valence-electron chi connectivity index (χ2n) is 3.25. The van der Waals surface area contributed by atoms with Crippen LogP contribution in [0.4, 0.5) is 0 Å². The lowest BCUT2D eigenvalue weighted by molar-refractivity contribution is -0.137. The second-order valence-corrected chi connectivity index (χ2v) is 4.09. The Morgan fingerprint density at radius 3 is 2.39 bits per heavy atom. The predicted molar refractivity (Wildman–Crippen MR) is 68.6 cm³/mol. The molecule has 0 spiro atoms. The van der Waals surface area contributed by atoms with Crippen LogP contribution in [-0.4, -0.2) is 25.0 Å². The molecule has 18 heavy (non-hydrogen) atoms. The monoisotopic (exact) mass is 290 g/mol. The van der Waals surface area contributed by atoms with Crippen molar-refractivity contribution in [3.05, 3.63) is 27.7 Å². The number of benzene rings is 1. The normalized spacial score (nSPS) is 10.0. The first-order valence-corrected chi connectivity index (χ1v) is 6.10. The van der Waals surface area contributed by atoms with Crippen molar-refractivity contribution in [3.8, 4) is 5.75 Å². The lowest BCUT2D eigenvalue weighted by Crippen LogP contribution is -2.18. The van der Waals surface area contributed by atoms with Crippen LogP contribution in [0, 0.1) is 0 Å². The highest BCUT2D eigenvalue weighted by molar-refractivity contribution is 6.43. The van der Waals surface area contributed by atoms with Crippen molar-refractivity contribution >= 4 is 35.0 Å². The maximum Gasteiger partial charge on any atom is 0.379 e. The van der Waals surface area contributed by atoms with Crippen molar-refractivity contribution in [2.24, 2.45) is 0 Å². The molecular weight excluding hydrogens is 279 g/mol. The van der Waals surface area contributed by atoms with E-state index in [2.05, 4.69) is 4.74 Å². The zero-order chi connectivity index (χ0) is 13.7. The van der Waals surface area contributed by atoms with E-state index in [0.717, 1.165) is 0 Å². The Morgan fingerprint density at radius 1 is 1.17 bits per heavy atom. The second kappa shape index (κ2) is 6.61. The summed E-state index contributed by atoms with van der Waals surface area (Å²) in [5.41, 5.74) is 0.00722. The maximum absolute atomic E-state index is 11.9. The third kappa shape index (κ3) is 3.37. The summed E-state index contributed by atoms with van der Waals surface area (Å²) in [6, 6.07) is 2.77. The topological polar surface area (TPSA) is 52.6 Å². The minimum absolute atomic E-state index is 0.00722. The molecule has 1 aromatic rings. The third-order valence-corrected chi connectivity index (χ3v) is 2.50. The minimum Gasteiger partial charge on any atom is -0.492 e. The summed E-state index contributed by atoms with van der Waals surface area (Å²) in [6.45, 7) is 3.77. The molecule has 0 heterocycles. The number of Topliss-reactive ketones (excluding diaryl/α,β-unsaturated/α-hetero) is 1. The SMILES string of the molecule is CCOC(=O)C(=O)c1cc(Cl)cc(Cl)c1OCC. The first-order valence-electron chi connectivity index (χ1n) is 5.34. The van der Waals surface area contributed by atoms with Gasteiger partial charge in [0.05, 0.1) is 23.8 Å². The number of hydrogen-bond donors (Lipinski definition) is 0. The summed E-state index contributed by atoms with van der Waals surface area (Å²) in [5.74, 6) is -1.65. The van der Waals surface area contributed by atoms with Gasteiger partial charge in [0.25, 0.3) is 5.78 Å². The van der Waals surface area contributed by atoms with Crippen LogP contribution in [-0.2, 0) is 9.53 Å². The molecule has 0 fully saturated rings. The van der Waals surface area contributed by atoms with Crippen LogP contribution >= 0.6 is 23.2 Å². The fraction of sp³-hybridized carbons (Fsp3) is 0.333. The molecule has 98 valence electrons. The quantitative estimate of drug-likeness (QED) is 0.475. The van der Waals surface area contributed by atoms with Gasteiger partial charge in [-0.05, 0) is 26.0 Å². The average molecular weight is 291 g/mol. The summed E-state index contributed by atoms with van der Waals surface area (Å²) < 4.78 is 9.89. The molecule has 0 amide bonds. The van der Waals surface area contributed by atoms with Gasteiger partial charge in [-0.3, -0.25) is 4.79 Å². The van der Waals surface area contributed by atoms with Crippen LogP contribution < -0.4 is 4.74 Å². The summed E-state index contributed by atoms with van der Waals surface area (Å²) in [6.07, 6.45) is 0.